The van der Waals surface area contributed by atoms with Crippen molar-refractivity contribution >= 4 is 28.5 Å². The Morgan fingerprint density at radius 1 is 1.26 bits per heavy atom. The third kappa shape index (κ3) is 4.86. The number of nitrogens with zero attached hydrogens (tertiary/aromatic N) is 7. The summed E-state index contributed by atoms with van der Waals surface area (Å²) in [6.45, 7) is 6.18. The minimum absolute atomic E-state index is 0.187. The number of rotatable bonds is 7. The van der Waals surface area contributed by atoms with Gasteiger partial charge in [0.1, 0.15) is 11.9 Å². The van der Waals surface area contributed by atoms with Gasteiger partial charge in [-0.1, -0.05) is 18.2 Å². The molecule has 38 heavy (non-hydrogen) atoms. The summed E-state index contributed by atoms with van der Waals surface area (Å²) in [6.07, 6.45) is 0.703. The van der Waals surface area contributed by atoms with Crippen molar-refractivity contribution in [2.75, 3.05) is 30.5 Å². The zero-order valence-electron chi connectivity index (χ0n) is 21.5. The van der Waals surface area contributed by atoms with E-state index in [9.17, 15) is 15.2 Å². The summed E-state index contributed by atoms with van der Waals surface area (Å²) < 4.78 is 7.63. The van der Waals surface area contributed by atoms with Crippen LogP contribution in [0.5, 0.6) is 0 Å². The van der Waals surface area contributed by atoms with Gasteiger partial charge in [-0.25, -0.2) is 14.8 Å². The lowest BCUT2D eigenvalue weighted by atomic mass is 10.0. The van der Waals surface area contributed by atoms with Crippen LogP contribution in [-0.2, 0) is 24.2 Å². The average Bonchev–Trinajstić information content (AvgIpc) is 3.12. The minimum atomic E-state index is -1.00. The predicted octanol–water partition coefficient (Wildman–Crippen LogP) is 3.48. The van der Waals surface area contributed by atoms with Crippen molar-refractivity contribution in [1.82, 2.24) is 24.7 Å². The van der Waals surface area contributed by atoms with Crippen molar-refractivity contribution in [3.8, 4) is 6.07 Å². The Morgan fingerprint density at radius 2 is 2.08 bits per heavy atom. The molecular formula is C27H28N8O3. The second-order valence-corrected chi connectivity index (χ2v) is 9.35. The van der Waals surface area contributed by atoms with Gasteiger partial charge < -0.3 is 24.6 Å². The number of carboxylic acid groups (broad SMARTS) is 1. The summed E-state index contributed by atoms with van der Waals surface area (Å²) in [5, 5.41) is 31.5. The summed E-state index contributed by atoms with van der Waals surface area (Å²) in [6, 6.07) is 12.6. The fourth-order valence-corrected chi connectivity index (χ4v) is 4.74. The molecule has 194 valence electrons. The number of anilines is 2. The van der Waals surface area contributed by atoms with Crippen molar-refractivity contribution in [2.24, 2.45) is 0 Å². The number of aryl methyl sites for hydroxylation is 1. The molecule has 0 unspecified atom stereocenters. The number of fused-ring (bicyclic) bond motifs is 2. The standard InChI is InChI=1S/C27H28N8O3/c1-16-12-19(17(2)29-20-7-5-4-6-18(20)27(36)37)25-21(13-16)30-22(14-28)26(31-25)34(3)15-24-33-32-23-8-10-38-11-9-35(23)24/h4-7,12-13,17,29H,8-11,15H2,1-3H3,(H,36,37)/t17-/m1/s1. The third-order valence-corrected chi connectivity index (χ3v) is 6.60. The van der Waals surface area contributed by atoms with Crippen LogP contribution in [0.4, 0.5) is 11.5 Å². The van der Waals surface area contributed by atoms with E-state index in [1.54, 1.807) is 24.3 Å². The van der Waals surface area contributed by atoms with Crippen molar-refractivity contribution in [3.05, 3.63) is 70.4 Å². The zero-order valence-corrected chi connectivity index (χ0v) is 21.5. The zero-order chi connectivity index (χ0) is 26.8. The number of benzene rings is 2. The van der Waals surface area contributed by atoms with E-state index in [2.05, 4.69) is 31.1 Å². The number of para-hydroxylation sites is 1. The van der Waals surface area contributed by atoms with Crippen LogP contribution in [0.2, 0.25) is 0 Å². The van der Waals surface area contributed by atoms with Gasteiger partial charge in [0.25, 0.3) is 0 Å². The Hall–Kier alpha value is -4.56. The molecule has 0 aliphatic carbocycles. The number of hydrogen-bond acceptors (Lipinski definition) is 9. The Balaban J connectivity index is 1.53. The molecule has 0 amide bonds. The van der Waals surface area contributed by atoms with Crippen LogP contribution >= 0.6 is 0 Å². The number of ether oxygens (including phenoxy) is 1. The van der Waals surface area contributed by atoms with E-state index in [1.165, 1.54) is 0 Å². The number of nitriles is 1. The van der Waals surface area contributed by atoms with Crippen molar-refractivity contribution in [3.63, 3.8) is 0 Å². The van der Waals surface area contributed by atoms with E-state index < -0.39 is 5.97 Å². The molecule has 11 heteroatoms. The smallest absolute Gasteiger partial charge is 0.337 e. The first-order valence-electron chi connectivity index (χ1n) is 12.4. The van der Waals surface area contributed by atoms with Crippen LogP contribution in [-0.4, -0.2) is 56.1 Å². The molecule has 3 heterocycles. The molecule has 0 saturated heterocycles. The summed E-state index contributed by atoms with van der Waals surface area (Å²) >= 11 is 0. The van der Waals surface area contributed by atoms with Gasteiger partial charge in [-0.2, -0.15) is 5.26 Å². The second-order valence-electron chi connectivity index (χ2n) is 9.35. The highest BCUT2D eigenvalue weighted by Gasteiger charge is 2.22. The highest BCUT2D eigenvalue weighted by molar-refractivity contribution is 5.94. The first kappa shape index (κ1) is 25.1. The van der Waals surface area contributed by atoms with Crippen LogP contribution in [0.15, 0.2) is 36.4 Å². The normalized spacial score (nSPS) is 13.8. The van der Waals surface area contributed by atoms with Crippen LogP contribution < -0.4 is 10.2 Å². The molecule has 0 radical (unpaired) electrons. The highest BCUT2D eigenvalue weighted by atomic mass is 16.5. The molecule has 1 aliphatic heterocycles. The van der Waals surface area contributed by atoms with E-state index in [0.29, 0.717) is 55.3 Å². The molecule has 0 fully saturated rings. The first-order chi connectivity index (χ1) is 18.4. The van der Waals surface area contributed by atoms with Crippen LogP contribution in [0.1, 0.15) is 51.8 Å². The lowest BCUT2D eigenvalue weighted by Gasteiger charge is -2.22. The summed E-state index contributed by atoms with van der Waals surface area (Å²) in [7, 11) is 1.85. The van der Waals surface area contributed by atoms with E-state index in [1.807, 2.05) is 37.9 Å². The Kier molecular flexibility index (Phi) is 6.89. The van der Waals surface area contributed by atoms with Gasteiger partial charge in [0.15, 0.2) is 17.3 Å². The van der Waals surface area contributed by atoms with E-state index in [4.69, 9.17) is 9.72 Å². The Morgan fingerprint density at radius 3 is 2.87 bits per heavy atom. The number of aromatic nitrogens is 5. The number of hydrogen-bond donors (Lipinski definition) is 2. The molecular weight excluding hydrogens is 484 g/mol. The van der Waals surface area contributed by atoms with Crippen LogP contribution in [0.3, 0.4) is 0 Å². The van der Waals surface area contributed by atoms with Gasteiger partial charge in [0, 0.05) is 31.3 Å². The lowest BCUT2D eigenvalue weighted by molar-refractivity contribution is 0.0698. The average molecular weight is 513 g/mol. The maximum Gasteiger partial charge on any atom is 0.337 e. The molecule has 1 aliphatic rings. The summed E-state index contributed by atoms with van der Waals surface area (Å²) in [5.74, 6) is 1.08. The van der Waals surface area contributed by atoms with Gasteiger partial charge >= 0.3 is 5.97 Å². The van der Waals surface area contributed by atoms with Crippen molar-refractivity contribution in [2.45, 2.75) is 39.4 Å². The quantitative estimate of drug-likeness (QED) is 0.378. The molecule has 0 spiro atoms. The van der Waals surface area contributed by atoms with Gasteiger partial charge in [-0.05, 0) is 37.6 Å². The molecule has 2 aromatic carbocycles. The molecule has 11 nitrogen and oxygen atoms in total. The topological polar surface area (TPSA) is 142 Å². The highest BCUT2D eigenvalue weighted by Crippen LogP contribution is 2.30. The number of nitrogens with one attached hydrogen (secondary N) is 1. The minimum Gasteiger partial charge on any atom is -0.478 e. The van der Waals surface area contributed by atoms with Crippen LogP contribution in [0, 0.1) is 18.3 Å². The second kappa shape index (κ2) is 10.4. The van der Waals surface area contributed by atoms with Gasteiger partial charge in [-0.15, -0.1) is 10.2 Å². The monoisotopic (exact) mass is 512 g/mol. The first-order valence-corrected chi connectivity index (χ1v) is 12.4. The number of carboxylic acids is 1. The molecule has 2 aromatic heterocycles. The van der Waals surface area contributed by atoms with E-state index in [-0.39, 0.29) is 17.3 Å². The molecule has 0 bridgehead atoms. The maximum absolute atomic E-state index is 11.7. The van der Waals surface area contributed by atoms with Crippen LogP contribution in [0.25, 0.3) is 11.0 Å². The van der Waals surface area contributed by atoms with Crippen molar-refractivity contribution < 1.29 is 14.6 Å². The fourth-order valence-electron chi connectivity index (χ4n) is 4.74. The largest absolute Gasteiger partial charge is 0.478 e. The van der Waals surface area contributed by atoms with Gasteiger partial charge in [0.05, 0.1) is 42.4 Å². The Bertz CT molecular complexity index is 1560. The predicted molar refractivity (Wildman–Crippen MR) is 141 cm³/mol. The fraction of sp³-hybridized carbons (Fsp3) is 0.333. The molecule has 4 aromatic rings. The Labute approximate surface area is 219 Å². The molecule has 0 saturated carbocycles. The molecule has 1 atom stereocenters. The molecule has 2 N–H and O–H groups in total. The van der Waals surface area contributed by atoms with E-state index >= 15 is 0 Å². The number of carbonyl (C=O) groups is 1. The van der Waals surface area contributed by atoms with E-state index in [0.717, 1.165) is 22.8 Å². The third-order valence-electron chi connectivity index (χ3n) is 6.60. The number of aromatic carboxylic acids is 1. The summed E-state index contributed by atoms with van der Waals surface area (Å²) in [4.78, 5) is 23.1. The van der Waals surface area contributed by atoms with Crippen molar-refractivity contribution in [1.29, 1.82) is 5.26 Å². The molecule has 5 rings (SSSR count). The maximum atomic E-state index is 11.7. The van der Waals surface area contributed by atoms with Gasteiger partial charge in [0.2, 0.25) is 0 Å². The SMILES string of the molecule is Cc1cc([C@@H](C)Nc2ccccc2C(=O)O)c2nc(N(C)Cc3nnc4n3CCOCC4)c(C#N)nc2c1. The summed E-state index contributed by atoms with van der Waals surface area (Å²) in [5.41, 5.74) is 3.96. The van der Waals surface area contributed by atoms with Gasteiger partial charge in [-0.3, -0.25) is 0 Å². The lowest BCUT2D eigenvalue weighted by Crippen LogP contribution is -2.23.